The number of piperidine rings is 1. The summed E-state index contributed by atoms with van der Waals surface area (Å²) in [5.41, 5.74) is 4.54. The molecule has 0 amide bonds. The highest BCUT2D eigenvalue weighted by molar-refractivity contribution is 5.61. The number of anilines is 1. The Kier molecular flexibility index (Phi) is 11.4. The molecule has 2 aliphatic rings. The molecule has 7 nitrogen and oxygen atoms in total. The van der Waals surface area contributed by atoms with Crippen LogP contribution in [0.15, 0.2) is 60.7 Å². The van der Waals surface area contributed by atoms with Gasteiger partial charge in [-0.2, -0.15) is 0 Å². The number of nitrogens with zero attached hydrogens (tertiary/aromatic N) is 1. The Hall–Kier alpha value is -3.08. The number of aliphatic hydroxyl groups excluding tert-OH is 1. The van der Waals surface area contributed by atoms with Gasteiger partial charge in [-0.15, -0.1) is 0 Å². The van der Waals surface area contributed by atoms with E-state index >= 15 is 0 Å². The molecule has 3 aromatic rings. The summed E-state index contributed by atoms with van der Waals surface area (Å²) in [5.74, 6) is -0.0936. The number of benzene rings is 3. The standard InChI is InChI=1S/C34H42F2N2O5/c1-40-15-3-13-38-14-17-42-32-12-7-25(18-30(32)38)23-43-33-21-37-20-31(39)34(33)26-8-5-24(6-9-26)22-41-16-2-4-27-19-28(35)10-11-29(27)36/h5-12,18-19,31,33-34,37,39H,2-4,13-17,20-23H2,1H3/t31-,33+,34+/m1/s1. The van der Waals surface area contributed by atoms with Gasteiger partial charge in [0.05, 0.1) is 37.7 Å². The van der Waals surface area contributed by atoms with E-state index in [-0.39, 0.29) is 12.0 Å². The van der Waals surface area contributed by atoms with Gasteiger partial charge in [-0.1, -0.05) is 30.3 Å². The number of β-amino-alcohol motifs (C(OH)–C–C–N with tert-alkyl or cyclic N) is 1. The minimum absolute atomic E-state index is 0.163. The topological polar surface area (TPSA) is 72.4 Å². The van der Waals surface area contributed by atoms with Crippen molar-refractivity contribution in [2.45, 2.75) is 50.6 Å². The van der Waals surface area contributed by atoms with Gasteiger partial charge in [0.2, 0.25) is 0 Å². The van der Waals surface area contributed by atoms with Crippen LogP contribution in [0.5, 0.6) is 5.75 Å². The van der Waals surface area contributed by atoms with Gasteiger partial charge < -0.3 is 34.3 Å². The molecule has 0 aliphatic carbocycles. The molecular formula is C34H42F2N2O5. The highest BCUT2D eigenvalue weighted by Gasteiger charge is 2.34. The number of hydrogen-bond donors (Lipinski definition) is 2. The van der Waals surface area contributed by atoms with Crippen molar-refractivity contribution in [3.05, 3.63) is 94.6 Å². The predicted molar refractivity (Wildman–Crippen MR) is 162 cm³/mol. The lowest BCUT2D eigenvalue weighted by atomic mass is 9.85. The third kappa shape index (κ3) is 8.52. The lowest BCUT2D eigenvalue weighted by molar-refractivity contribution is -0.0328. The second-order valence-electron chi connectivity index (χ2n) is 11.2. The van der Waals surface area contributed by atoms with Crippen LogP contribution in [-0.4, -0.2) is 70.4 Å². The molecule has 0 saturated carbocycles. The summed E-state index contributed by atoms with van der Waals surface area (Å²) in [6, 6.07) is 17.8. The van der Waals surface area contributed by atoms with Crippen molar-refractivity contribution in [2.75, 3.05) is 58.0 Å². The maximum Gasteiger partial charge on any atom is 0.142 e. The minimum Gasteiger partial charge on any atom is -0.490 e. The quantitative estimate of drug-likeness (QED) is 0.254. The van der Waals surface area contributed by atoms with E-state index in [2.05, 4.69) is 16.3 Å². The van der Waals surface area contributed by atoms with Crippen molar-refractivity contribution in [3.63, 3.8) is 0 Å². The zero-order chi connectivity index (χ0) is 30.0. The van der Waals surface area contributed by atoms with Gasteiger partial charge >= 0.3 is 0 Å². The average molecular weight is 597 g/mol. The maximum absolute atomic E-state index is 13.8. The first-order valence-electron chi connectivity index (χ1n) is 15.1. The first-order chi connectivity index (χ1) is 21.0. The van der Waals surface area contributed by atoms with E-state index < -0.39 is 17.7 Å². The molecule has 0 spiro atoms. The molecule has 2 heterocycles. The highest BCUT2D eigenvalue weighted by Crippen LogP contribution is 2.34. The predicted octanol–water partition coefficient (Wildman–Crippen LogP) is 4.98. The van der Waals surface area contributed by atoms with E-state index in [9.17, 15) is 13.9 Å². The Labute approximate surface area is 252 Å². The van der Waals surface area contributed by atoms with E-state index in [1.165, 1.54) is 6.07 Å². The van der Waals surface area contributed by atoms with Gasteiger partial charge in [0.25, 0.3) is 0 Å². The Bertz CT molecular complexity index is 1310. The van der Waals surface area contributed by atoms with Crippen molar-refractivity contribution >= 4 is 5.69 Å². The van der Waals surface area contributed by atoms with Crippen LogP contribution in [0.2, 0.25) is 0 Å². The monoisotopic (exact) mass is 596 g/mol. The zero-order valence-corrected chi connectivity index (χ0v) is 24.8. The zero-order valence-electron chi connectivity index (χ0n) is 24.8. The fourth-order valence-corrected chi connectivity index (χ4v) is 5.84. The van der Waals surface area contributed by atoms with Crippen molar-refractivity contribution in [1.82, 2.24) is 5.32 Å². The van der Waals surface area contributed by atoms with Gasteiger partial charge in [0.15, 0.2) is 0 Å². The van der Waals surface area contributed by atoms with Gasteiger partial charge in [0.1, 0.15) is 24.0 Å². The Morgan fingerprint density at radius 3 is 2.63 bits per heavy atom. The normalized spacial score (nSPS) is 20.1. The van der Waals surface area contributed by atoms with E-state index in [0.717, 1.165) is 66.4 Å². The molecule has 1 saturated heterocycles. The summed E-state index contributed by atoms with van der Waals surface area (Å²) in [6.07, 6.45) is 1.20. The summed E-state index contributed by atoms with van der Waals surface area (Å²) >= 11 is 0. The van der Waals surface area contributed by atoms with Crippen LogP contribution in [0.3, 0.4) is 0 Å². The van der Waals surface area contributed by atoms with E-state index in [1.54, 1.807) is 7.11 Å². The number of fused-ring (bicyclic) bond motifs is 1. The number of aryl methyl sites for hydroxylation is 1. The van der Waals surface area contributed by atoms with Gasteiger partial charge in [-0.05, 0) is 71.8 Å². The molecule has 2 aliphatic heterocycles. The molecular weight excluding hydrogens is 554 g/mol. The van der Waals surface area contributed by atoms with E-state index in [4.69, 9.17) is 18.9 Å². The fraction of sp³-hybridized carbons (Fsp3) is 0.471. The molecule has 3 atom stereocenters. The van der Waals surface area contributed by atoms with Crippen molar-refractivity contribution in [3.8, 4) is 5.75 Å². The first kappa shape index (κ1) is 31.3. The molecule has 9 heteroatoms. The Balaban J connectivity index is 1.14. The molecule has 0 radical (unpaired) electrons. The summed E-state index contributed by atoms with van der Waals surface area (Å²) in [5, 5.41) is 14.2. The number of ether oxygens (including phenoxy) is 4. The van der Waals surface area contributed by atoms with Crippen LogP contribution in [0, 0.1) is 11.6 Å². The lowest BCUT2D eigenvalue weighted by Crippen LogP contribution is -2.49. The molecule has 43 heavy (non-hydrogen) atoms. The second kappa shape index (κ2) is 15.6. The van der Waals surface area contributed by atoms with Crippen molar-refractivity contribution < 1.29 is 32.8 Å². The lowest BCUT2D eigenvalue weighted by Gasteiger charge is -2.36. The summed E-state index contributed by atoms with van der Waals surface area (Å²) in [4.78, 5) is 2.34. The molecule has 1 fully saturated rings. The van der Waals surface area contributed by atoms with Crippen LogP contribution < -0.4 is 15.0 Å². The summed E-state index contributed by atoms with van der Waals surface area (Å²) in [6.45, 7) is 5.60. The average Bonchev–Trinajstić information content (AvgIpc) is 3.02. The number of methoxy groups -OCH3 is 1. The van der Waals surface area contributed by atoms with Gasteiger partial charge in [-0.25, -0.2) is 8.78 Å². The molecule has 0 unspecified atom stereocenters. The number of halogens is 2. The molecule has 5 rings (SSSR count). The molecule has 2 N–H and O–H groups in total. The number of rotatable bonds is 14. The minimum atomic E-state index is -0.572. The Morgan fingerprint density at radius 1 is 0.953 bits per heavy atom. The first-order valence-corrected chi connectivity index (χ1v) is 15.1. The van der Waals surface area contributed by atoms with Crippen LogP contribution in [-0.2, 0) is 33.8 Å². The smallest absolute Gasteiger partial charge is 0.142 e. The summed E-state index contributed by atoms with van der Waals surface area (Å²) in [7, 11) is 1.72. The van der Waals surface area contributed by atoms with Crippen LogP contribution in [0.25, 0.3) is 0 Å². The number of nitrogens with one attached hydrogen (secondary N) is 1. The molecule has 0 aromatic heterocycles. The van der Waals surface area contributed by atoms with Crippen molar-refractivity contribution in [1.29, 1.82) is 0 Å². The molecule has 0 bridgehead atoms. The summed E-state index contributed by atoms with van der Waals surface area (Å²) < 4.78 is 50.5. The molecule has 3 aromatic carbocycles. The Morgan fingerprint density at radius 2 is 1.79 bits per heavy atom. The van der Waals surface area contributed by atoms with E-state index in [1.807, 2.05) is 36.4 Å². The van der Waals surface area contributed by atoms with Gasteiger partial charge in [-0.3, -0.25) is 0 Å². The fourth-order valence-electron chi connectivity index (χ4n) is 5.84. The largest absolute Gasteiger partial charge is 0.490 e. The highest BCUT2D eigenvalue weighted by atomic mass is 19.1. The van der Waals surface area contributed by atoms with Gasteiger partial charge in [0, 0.05) is 45.9 Å². The number of hydrogen-bond acceptors (Lipinski definition) is 7. The van der Waals surface area contributed by atoms with Crippen LogP contribution in [0.1, 0.15) is 41.0 Å². The maximum atomic E-state index is 13.8. The third-order valence-corrected chi connectivity index (χ3v) is 8.11. The number of aliphatic hydroxyl groups is 1. The van der Waals surface area contributed by atoms with E-state index in [0.29, 0.717) is 57.9 Å². The third-order valence-electron chi connectivity index (χ3n) is 8.11. The second-order valence-corrected chi connectivity index (χ2v) is 11.2. The van der Waals surface area contributed by atoms with Crippen molar-refractivity contribution in [2.24, 2.45) is 0 Å². The SMILES string of the molecule is COCCCN1CCOc2ccc(CO[C@H]3CNC[C@@H](O)[C@@H]3c3ccc(COCCCc4cc(F)ccc4F)cc3)cc21. The van der Waals surface area contributed by atoms with Crippen LogP contribution >= 0.6 is 0 Å². The molecule has 232 valence electrons. The van der Waals surface area contributed by atoms with Crippen LogP contribution in [0.4, 0.5) is 14.5 Å².